The molecule has 0 fully saturated rings. The lowest BCUT2D eigenvalue weighted by Crippen LogP contribution is -2.18. The van der Waals surface area contributed by atoms with Crippen LogP contribution in [-0.2, 0) is 11.2 Å². The second-order valence-corrected chi connectivity index (χ2v) is 5.20. The summed E-state index contributed by atoms with van der Waals surface area (Å²) in [6.45, 7) is 0. The van der Waals surface area contributed by atoms with Gasteiger partial charge in [0.15, 0.2) is 34.8 Å². The molecule has 1 N–H and O–H groups in total. The van der Waals surface area contributed by atoms with E-state index in [1.165, 1.54) is 33.5 Å². The third-order valence-electron chi connectivity index (χ3n) is 3.56. The van der Waals surface area contributed by atoms with Gasteiger partial charge in [0.1, 0.15) is 5.69 Å². The number of hydrogen-bond acceptors (Lipinski definition) is 4. The summed E-state index contributed by atoms with van der Waals surface area (Å²) in [5.74, 6) is -11.2. The molecule has 5 nitrogen and oxygen atoms in total. The number of carbonyl (C=O) groups excluding carboxylic acids is 1. The highest BCUT2D eigenvalue weighted by Gasteiger charge is 2.27. The highest BCUT2D eigenvalue weighted by Crippen LogP contribution is 2.38. The van der Waals surface area contributed by atoms with Crippen LogP contribution in [0.25, 0.3) is 0 Å². The van der Waals surface area contributed by atoms with Crippen molar-refractivity contribution in [3.05, 3.63) is 46.8 Å². The number of benzene rings is 2. The van der Waals surface area contributed by atoms with Gasteiger partial charge in [-0.2, -0.15) is 0 Å². The number of nitrogens with one attached hydrogen (secondary N) is 1. The minimum Gasteiger partial charge on any atom is -0.493 e. The number of anilines is 1. The molecule has 2 rings (SSSR count). The Hall–Kier alpha value is -3.04. The quantitative estimate of drug-likeness (QED) is 0.465. The van der Waals surface area contributed by atoms with Crippen molar-refractivity contribution in [1.29, 1.82) is 0 Å². The fraction of sp³-hybridized carbons (Fsp3) is 0.235. The van der Waals surface area contributed by atoms with Gasteiger partial charge in [0, 0.05) is 0 Å². The van der Waals surface area contributed by atoms with Crippen LogP contribution in [0, 0.1) is 29.1 Å². The van der Waals surface area contributed by atoms with Crippen LogP contribution in [0.5, 0.6) is 17.2 Å². The molecule has 0 radical (unpaired) electrons. The summed E-state index contributed by atoms with van der Waals surface area (Å²) in [6, 6.07) is 2.80. The molecule has 0 heterocycles. The Morgan fingerprint density at radius 1 is 0.815 bits per heavy atom. The standard InChI is InChI=1S/C17H14F5NO4/c1-25-8-4-7(5-9(26-2)17(8)27-3)6-10(24)23-16-14(21)12(19)11(18)13(20)15(16)22/h4-5H,6H2,1-3H3,(H,23,24). The Morgan fingerprint density at radius 3 is 1.67 bits per heavy atom. The Labute approximate surface area is 150 Å². The highest BCUT2D eigenvalue weighted by molar-refractivity contribution is 5.92. The Morgan fingerprint density at radius 2 is 1.26 bits per heavy atom. The fourth-order valence-electron chi connectivity index (χ4n) is 2.32. The number of hydrogen-bond donors (Lipinski definition) is 1. The number of methoxy groups -OCH3 is 3. The van der Waals surface area contributed by atoms with Crippen molar-refractivity contribution in [2.75, 3.05) is 26.6 Å². The molecule has 0 bridgehead atoms. The Bertz CT molecular complexity index is 834. The molecule has 0 saturated heterocycles. The summed E-state index contributed by atoms with van der Waals surface area (Å²) in [5.41, 5.74) is -1.14. The Kier molecular flexibility index (Phi) is 6.09. The van der Waals surface area contributed by atoms with E-state index in [-0.39, 0.29) is 22.8 Å². The molecule has 146 valence electrons. The van der Waals surface area contributed by atoms with E-state index in [1.54, 1.807) is 5.32 Å². The average Bonchev–Trinajstić information content (AvgIpc) is 2.67. The van der Waals surface area contributed by atoms with E-state index in [0.717, 1.165) is 0 Å². The van der Waals surface area contributed by atoms with Gasteiger partial charge in [-0.3, -0.25) is 4.79 Å². The molecule has 2 aromatic carbocycles. The molecule has 0 unspecified atom stereocenters. The number of amides is 1. The summed E-state index contributed by atoms with van der Waals surface area (Å²) in [5, 5.41) is 1.69. The van der Waals surface area contributed by atoms with Crippen molar-refractivity contribution in [2.24, 2.45) is 0 Å². The van der Waals surface area contributed by atoms with E-state index >= 15 is 0 Å². The van der Waals surface area contributed by atoms with Crippen molar-refractivity contribution in [2.45, 2.75) is 6.42 Å². The predicted octanol–water partition coefficient (Wildman–Crippen LogP) is 3.59. The van der Waals surface area contributed by atoms with Crippen LogP contribution >= 0.6 is 0 Å². The molecule has 10 heteroatoms. The third-order valence-corrected chi connectivity index (χ3v) is 3.56. The molecule has 0 aromatic heterocycles. The zero-order valence-electron chi connectivity index (χ0n) is 14.4. The largest absolute Gasteiger partial charge is 0.493 e. The predicted molar refractivity (Wildman–Crippen MR) is 84.7 cm³/mol. The molecule has 0 aliphatic carbocycles. The number of carbonyl (C=O) groups is 1. The molecule has 27 heavy (non-hydrogen) atoms. The minimum atomic E-state index is -2.31. The van der Waals surface area contributed by atoms with Gasteiger partial charge in [0.05, 0.1) is 27.8 Å². The monoisotopic (exact) mass is 391 g/mol. The number of rotatable bonds is 6. The van der Waals surface area contributed by atoms with Crippen molar-refractivity contribution in [3.63, 3.8) is 0 Å². The smallest absolute Gasteiger partial charge is 0.228 e. The lowest BCUT2D eigenvalue weighted by Gasteiger charge is -2.14. The first-order chi connectivity index (χ1) is 12.7. The first-order valence-electron chi connectivity index (χ1n) is 7.35. The maximum absolute atomic E-state index is 13.6. The van der Waals surface area contributed by atoms with Gasteiger partial charge in [-0.25, -0.2) is 22.0 Å². The van der Waals surface area contributed by atoms with Crippen LogP contribution < -0.4 is 19.5 Å². The van der Waals surface area contributed by atoms with Crippen molar-refractivity contribution in [3.8, 4) is 17.2 Å². The first kappa shape index (κ1) is 20.3. The summed E-state index contributed by atoms with van der Waals surface area (Å²) in [7, 11) is 4.06. The third kappa shape index (κ3) is 3.88. The molecular weight excluding hydrogens is 377 g/mol. The van der Waals surface area contributed by atoms with Gasteiger partial charge < -0.3 is 19.5 Å². The van der Waals surface area contributed by atoms with E-state index in [1.807, 2.05) is 0 Å². The van der Waals surface area contributed by atoms with Crippen LogP contribution in [-0.4, -0.2) is 27.2 Å². The Balaban J connectivity index is 2.32. The zero-order valence-corrected chi connectivity index (χ0v) is 14.4. The molecule has 0 spiro atoms. The number of halogens is 5. The molecule has 1 amide bonds. The molecule has 0 aliphatic rings. The van der Waals surface area contributed by atoms with Crippen molar-refractivity contribution in [1.82, 2.24) is 0 Å². The second kappa shape index (κ2) is 8.11. The summed E-state index contributed by atoms with van der Waals surface area (Å²) < 4.78 is 82.1. The van der Waals surface area contributed by atoms with Gasteiger partial charge >= 0.3 is 0 Å². The fourth-order valence-corrected chi connectivity index (χ4v) is 2.32. The van der Waals surface area contributed by atoms with Crippen molar-refractivity contribution < 1.29 is 41.0 Å². The van der Waals surface area contributed by atoms with E-state index in [4.69, 9.17) is 14.2 Å². The minimum absolute atomic E-state index is 0.218. The SMILES string of the molecule is COc1cc(CC(=O)Nc2c(F)c(F)c(F)c(F)c2F)cc(OC)c1OC. The molecule has 0 aliphatic heterocycles. The van der Waals surface area contributed by atoms with Gasteiger partial charge in [-0.1, -0.05) is 0 Å². The summed E-state index contributed by atoms with van der Waals surface area (Å²) >= 11 is 0. The average molecular weight is 391 g/mol. The van der Waals surface area contributed by atoms with Crippen LogP contribution in [0.3, 0.4) is 0 Å². The van der Waals surface area contributed by atoms with Crippen LogP contribution in [0.4, 0.5) is 27.6 Å². The summed E-state index contributed by atoms with van der Waals surface area (Å²) in [6.07, 6.45) is -0.462. The van der Waals surface area contributed by atoms with E-state index in [0.29, 0.717) is 0 Å². The maximum atomic E-state index is 13.6. The first-order valence-corrected chi connectivity index (χ1v) is 7.35. The van der Waals surface area contributed by atoms with Gasteiger partial charge in [0.25, 0.3) is 0 Å². The molecule has 0 saturated carbocycles. The normalized spacial score (nSPS) is 10.5. The van der Waals surface area contributed by atoms with Crippen molar-refractivity contribution >= 4 is 11.6 Å². The second-order valence-electron chi connectivity index (χ2n) is 5.20. The maximum Gasteiger partial charge on any atom is 0.228 e. The highest BCUT2D eigenvalue weighted by atomic mass is 19.2. The van der Waals surface area contributed by atoms with Crippen LogP contribution in [0.2, 0.25) is 0 Å². The van der Waals surface area contributed by atoms with E-state index in [2.05, 4.69) is 0 Å². The molecule has 0 atom stereocenters. The van der Waals surface area contributed by atoms with Gasteiger partial charge in [-0.05, 0) is 17.7 Å². The van der Waals surface area contributed by atoms with Gasteiger partial charge in [-0.15, -0.1) is 0 Å². The van der Waals surface area contributed by atoms with Crippen LogP contribution in [0.15, 0.2) is 12.1 Å². The topological polar surface area (TPSA) is 56.8 Å². The summed E-state index contributed by atoms with van der Waals surface area (Å²) in [4.78, 5) is 12.1. The molecular formula is C17H14F5NO4. The van der Waals surface area contributed by atoms with Gasteiger partial charge in [0.2, 0.25) is 17.5 Å². The van der Waals surface area contributed by atoms with E-state index in [9.17, 15) is 26.7 Å². The molecule has 2 aromatic rings. The lowest BCUT2D eigenvalue weighted by atomic mass is 10.1. The van der Waals surface area contributed by atoms with E-state index < -0.39 is 47.1 Å². The van der Waals surface area contributed by atoms with Crippen LogP contribution in [0.1, 0.15) is 5.56 Å². The lowest BCUT2D eigenvalue weighted by molar-refractivity contribution is -0.115. The zero-order chi connectivity index (χ0) is 20.3. The number of ether oxygens (including phenoxy) is 3.